The zero-order chi connectivity index (χ0) is 18.9. The van der Waals surface area contributed by atoms with E-state index in [0.717, 1.165) is 25.2 Å². The number of hydrogen-bond donors (Lipinski definition) is 2. The summed E-state index contributed by atoms with van der Waals surface area (Å²) in [5.74, 6) is 0.476. The van der Waals surface area contributed by atoms with E-state index < -0.39 is 0 Å². The van der Waals surface area contributed by atoms with E-state index in [0.29, 0.717) is 37.9 Å². The second-order valence-electron chi connectivity index (χ2n) is 6.55. The highest BCUT2D eigenvalue weighted by Crippen LogP contribution is 2.12. The molecule has 7 nitrogen and oxygen atoms in total. The van der Waals surface area contributed by atoms with Gasteiger partial charge in [-0.25, -0.2) is 4.79 Å². The van der Waals surface area contributed by atoms with Crippen LogP contribution >= 0.6 is 0 Å². The van der Waals surface area contributed by atoms with Crippen LogP contribution < -0.4 is 16.2 Å². The van der Waals surface area contributed by atoms with Crippen molar-refractivity contribution in [3.8, 4) is 0 Å². The number of rotatable bonds is 8. The molecule has 0 unspecified atom stereocenters. The number of ether oxygens (including phenoxy) is 2. The predicted molar refractivity (Wildman–Crippen MR) is 103 cm³/mol. The number of nitrogens with one attached hydrogen (secondary N) is 2. The van der Waals surface area contributed by atoms with E-state index in [2.05, 4.69) is 10.6 Å². The van der Waals surface area contributed by atoms with Crippen molar-refractivity contribution < 1.29 is 14.3 Å². The summed E-state index contributed by atoms with van der Waals surface area (Å²) in [6, 6.07) is 12.2. The van der Waals surface area contributed by atoms with Gasteiger partial charge < -0.3 is 24.7 Å². The van der Waals surface area contributed by atoms with Gasteiger partial charge in [-0.3, -0.25) is 4.79 Å². The Morgan fingerprint density at radius 3 is 2.81 bits per heavy atom. The van der Waals surface area contributed by atoms with Gasteiger partial charge in [0, 0.05) is 37.0 Å². The first kappa shape index (κ1) is 19.1. The molecule has 144 valence electrons. The van der Waals surface area contributed by atoms with Crippen molar-refractivity contribution in [2.24, 2.45) is 5.92 Å². The molecule has 2 heterocycles. The molecule has 0 spiro atoms. The molecule has 0 saturated carbocycles. The number of nitrogens with zero attached hydrogens (tertiary/aromatic N) is 1. The van der Waals surface area contributed by atoms with Crippen LogP contribution in [-0.2, 0) is 16.0 Å². The fraction of sp³-hybridized carbons (Fsp3) is 0.400. The van der Waals surface area contributed by atoms with E-state index in [-0.39, 0.29) is 11.6 Å². The van der Waals surface area contributed by atoms with Crippen LogP contribution in [-0.4, -0.2) is 43.6 Å². The van der Waals surface area contributed by atoms with Crippen LogP contribution in [0.3, 0.4) is 0 Å². The Morgan fingerprint density at radius 2 is 2.07 bits per heavy atom. The lowest BCUT2D eigenvalue weighted by molar-refractivity contribution is 0.0923. The van der Waals surface area contributed by atoms with Crippen molar-refractivity contribution in [1.82, 2.24) is 9.88 Å². The Kier molecular flexibility index (Phi) is 7.01. The largest absolute Gasteiger partial charge is 0.381 e. The smallest absolute Gasteiger partial charge is 0.319 e. The highest BCUT2D eigenvalue weighted by Gasteiger charge is 2.15. The molecule has 0 aliphatic carbocycles. The quantitative estimate of drug-likeness (QED) is 0.696. The van der Waals surface area contributed by atoms with Crippen molar-refractivity contribution in [1.29, 1.82) is 0 Å². The zero-order valence-corrected chi connectivity index (χ0v) is 15.2. The van der Waals surface area contributed by atoms with Crippen LogP contribution in [0.2, 0.25) is 0 Å². The highest BCUT2D eigenvalue weighted by molar-refractivity contribution is 5.89. The Morgan fingerprint density at radius 1 is 1.22 bits per heavy atom. The second kappa shape index (κ2) is 9.89. The summed E-state index contributed by atoms with van der Waals surface area (Å²) in [7, 11) is 0. The topological polar surface area (TPSA) is 81.6 Å². The third-order valence-electron chi connectivity index (χ3n) is 4.37. The van der Waals surface area contributed by atoms with Crippen molar-refractivity contribution in [2.75, 3.05) is 38.3 Å². The van der Waals surface area contributed by atoms with Crippen molar-refractivity contribution >= 4 is 11.7 Å². The highest BCUT2D eigenvalue weighted by atomic mass is 16.5. The molecule has 1 aromatic heterocycles. The number of urea groups is 1. The number of carbonyl (C=O) groups is 1. The zero-order valence-electron chi connectivity index (χ0n) is 15.2. The van der Waals surface area contributed by atoms with E-state index in [4.69, 9.17) is 9.47 Å². The van der Waals surface area contributed by atoms with Gasteiger partial charge in [0.2, 0.25) is 0 Å². The van der Waals surface area contributed by atoms with Crippen LogP contribution in [0.25, 0.3) is 0 Å². The number of benzene rings is 1. The Hall–Kier alpha value is -2.64. The van der Waals surface area contributed by atoms with Crippen molar-refractivity contribution in [3.05, 3.63) is 64.6 Å². The molecular weight excluding hydrogens is 346 g/mol. The van der Waals surface area contributed by atoms with Crippen LogP contribution in [0.4, 0.5) is 10.5 Å². The van der Waals surface area contributed by atoms with Gasteiger partial charge in [0.1, 0.15) is 0 Å². The predicted octanol–water partition coefficient (Wildman–Crippen LogP) is 2.07. The molecule has 1 saturated heterocycles. The first-order chi connectivity index (χ1) is 13.2. The standard InChI is InChI=1S/C20H25N3O4/c24-19-3-1-2-10-23(19)13-16-4-6-18(7-5-16)22-20(25)21-9-12-27-15-17-8-11-26-14-17/h1-7,10,17H,8-9,11-15H2,(H2,21,22,25)/t17-/m0/s1. The van der Waals surface area contributed by atoms with Gasteiger partial charge in [-0.05, 0) is 30.2 Å². The average Bonchev–Trinajstić information content (AvgIpc) is 3.18. The molecule has 2 amide bonds. The molecule has 0 radical (unpaired) electrons. The monoisotopic (exact) mass is 371 g/mol. The molecule has 1 aliphatic heterocycles. The number of pyridine rings is 1. The van der Waals surface area contributed by atoms with Crippen LogP contribution in [0.15, 0.2) is 53.5 Å². The second-order valence-corrected chi connectivity index (χ2v) is 6.55. The van der Waals surface area contributed by atoms with Crippen LogP contribution in [0.5, 0.6) is 0 Å². The van der Waals surface area contributed by atoms with Crippen LogP contribution in [0.1, 0.15) is 12.0 Å². The minimum Gasteiger partial charge on any atom is -0.381 e. The molecule has 2 aromatic rings. The molecule has 1 fully saturated rings. The van der Waals surface area contributed by atoms with E-state index in [1.165, 1.54) is 6.07 Å². The van der Waals surface area contributed by atoms with Gasteiger partial charge in [0.05, 0.1) is 26.4 Å². The molecule has 1 atom stereocenters. The minimum atomic E-state index is -0.269. The van der Waals surface area contributed by atoms with Gasteiger partial charge >= 0.3 is 6.03 Å². The maximum absolute atomic E-state index is 11.9. The van der Waals surface area contributed by atoms with E-state index in [9.17, 15) is 9.59 Å². The molecule has 1 aliphatic rings. The van der Waals surface area contributed by atoms with Gasteiger partial charge in [-0.2, -0.15) is 0 Å². The number of hydrogen-bond acceptors (Lipinski definition) is 4. The van der Waals surface area contributed by atoms with Gasteiger partial charge in [0.15, 0.2) is 0 Å². The Bertz CT molecular complexity index is 782. The first-order valence-corrected chi connectivity index (χ1v) is 9.15. The molecule has 2 N–H and O–H groups in total. The Labute approximate surface area is 158 Å². The fourth-order valence-electron chi connectivity index (χ4n) is 2.86. The summed E-state index contributed by atoms with van der Waals surface area (Å²) in [4.78, 5) is 23.6. The SMILES string of the molecule is O=C(NCCOC[C@H]1CCOC1)Nc1ccc(Cn2ccccc2=O)cc1. The van der Waals surface area contributed by atoms with Gasteiger partial charge in [0.25, 0.3) is 5.56 Å². The summed E-state index contributed by atoms with van der Waals surface area (Å²) in [5.41, 5.74) is 1.64. The number of amides is 2. The number of anilines is 1. The number of carbonyl (C=O) groups excluding carboxylic acids is 1. The minimum absolute atomic E-state index is 0.0400. The summed E-state index contributed by atoms with van der Waals surface area (Å²) in [6.45, 7) is 3.69. The molecule has 7 heteroatoms. The van der Waals surface area contributed by atoms with E-state index in [1.807, 2.05) is 30.3 Å². The fourth-order valence-corrected chi connectivity index (χ4v) is 2.86. The third kappa shape index (κ3) is 6.23. The maximum atomic E-state index is 11.9. The van der Waals surface area contributed by atoms with Crippen molar-refractivity contribution in [3.63, 3.8) is 0 Å². The van der Waals surface area contributed by atoms with Crippen LogP contribution in [0, 0.1) is 5.92 Å². The molecule has 3 rings (SSSR count). The van der Waals surface area contributed by atoms with Gasteiger partial charge in [-0.15, -0.1) is 0 Å². The summed E-state index contributed by atoms with van der Waals surface area (Å²) in [5, 5.41) is 5.55. The lowest BCUT2D eigenvalue weighted by Crippen LogP contribution is -2.32. The first-order valence-electron chi connectivity index (χ1n) is 9.15. The summed E-state index contributed by atoms with van der Waals surface area (Å²) >= 11 is 0. The van der Waals surface area contributed by atoms with E-state index >= 15 is 0 Å². The average molecular weight is 371 g/mol. The normalized spacial score (nSPS) is 16.2. The molecule has 1 aromatic carbocycles. The van der Waals surface area contributed by atoms with E-state index in [1.54, 1.807) is 16.8 Å². The number of aromatic nitrogens is 1. The Balaban J connectivity index is 1.36. The summed E-state index contributed by atoms with van der Waals surface area (Å²) < 4.78 is 12.5. The third-order valence-corrected chi connectivity index (χ3v) is 4.37. The van der Waals surface area contributed by atoms with Gasteiger partial charge in [-0.1, -0.05) is 18.2 Å². The lowest BCUT2D eigenvalue weighted by atomic mass is 10.1. The lowest BCUT2D eigenvalue weighted by Gasteiger charge is -2.11. The van der Waals surface area contributed by atoms with Crippen molar-refractivity contribution in [2.45, 2.75) is 13.0 Å². The molecular formula is C20H25N3O4. The maximum Gasteiger partial charge on any atom is 0.319 e. The summed E-state index contributed by atoms with van der Waals surface area (Å²) in [6.07, 6.45) is 2.80. The molecule has 27 heavy (non-hydrogen) atoms. The molecule has 0 bridgehead atoms.